The van der Waals surface area contributed by atoms with E-state index in [9.17, 15) is 15.0 Å². The number of hydrogen-bond donors (Lipinski definition) is 2. The Balaban J connectivity index is 2.47. The summed E-state index contributed by atoms with van der Waals surface area (Å²) < 4.78 is 0.982. The Hall–Kier alpha value is -1.43. The fourth-order valence-corrected chi connectivity index (χ4v) is 3.05. The van der Waals surface area contributed by atoms with Crippen LogP contribution in [-0.2, 0) is 6.54 Å². The SMILES string of the molecule is CN(Cc1c(C(=O)O)sc2ccccc12)C(C)(C)CO. The highest BCUT2D eigenvalue weighted by molar-refractivity contribution is 7.21. The van der Waals surface area contributed by atoms with Gasteiger partial charge in [-0.25, -0.2) is 4.79 Å². The van der Waals surface area contributed by atoms with Gasteiger partial charge < -0.3 is 10.2 Å². The van der Waals surface area contributed by atoms with Gasteiger partial charge in [-0.05, 0) is 37.9 Å². The molecule has 1 aromatic carbocycles. The molecule has 0 spiro atoms. The van der Waals surface area contributed by atoms with Gasteiger partial charge >= 0.3 is 5.97 Å². The molecule has 2 aromatic rings. The lowest BCUT2D eigenvalue weighted by atomic mass is 10.0. The minimum atomic E-state index is -0.892. The molecule has 0 saturated heterocycles. The standard InChI is InChI=1S/C15H19NO3S/c1-15(2,9-17)16(3)8-11-10-6-4-5-7-12(10)20-13(11)14(18)19/h4-7,17H,8-9H2,1-3H3,(H,18,19). The molecular weight excluding hydrogens is 274 g/mol. The Morgan fingerprint density at radius 2 is 2.00 bits per heavy atom. The smallest absolute Gasteiger partial charge is 0.346 e. The fraction of sp³-hybridized carbons (Fsp3) is 0.400. The van der Waals surface area contributed by atoms with Crippen LogP contribution in [0.25, 0.3) is 10.1 Å². The molecule has 0 bridgehead atoms. The molecule has 0 unspecified atom stereocenters. The molecule has 0 radical (unpaired) electrons. The van der Waals surface area contributed by atoms with Crippen LogP contribution in [0.15, 0.2) is 24.3 Å². The molecule has 0 fully saturated rings. The molecule has 2 N–H and O–H groups in total. The van der Waals surface area contributed by atoms with E-state index in [1.807, 2.05) is 50.1 Å². The number of carbonyl (C=O) groups is 1. The highest BCUT2D eigenvalue weighted by atomic mass is 32.1. The van der Waals surface area contributed by atoms with Crippen LogP contribution in [0.4, 0.5) is 0 Å². The van der Waals surface area contributed by atoms with Crippen LogP contribution in [0.5, 0.6) is 0 Å². The monoisotopic (exact) mass is 293 g/mol. The summed E-state index contributed by atoms with van der Waals surface area (Å²) in [6.07, 6.45) is 0. The van der Waals surface area contributed by atoms with E-state index >= 15 is 0 Å². The lowest BCUT2D eigenvalue weighted by molar-refractivity contribution is 0.0677. The summed E-state index contributed by atoms with van der Waals surface area (Å²) in [5, 5.41) is 19.8. The number of rotatable bonds is 5. The average molecular weight is 293 g/mol. The molecule has 4 nitrogen and oxygen atoms in total. The number of likely N-dealkylation sites (N-methyl/N-ethyl adjacent to an activating group) is 1. The van der Waals surface area contributed by atoms with Gasteiger partial charge in [-0.2, -0.15) is 0 Å². The Bertz CT molecular complexity index is 633. The molecule has 0 aliphatic carbocycles. The second kappa shape index (κ2) is 5.52. The first-order valence-electron chi connectivity index (χ1n) is 6.42. The van der Waals surface area contributed by atoms with Crippen molar-refractivity contribution in [2.75, 3.05) is 13.7 Å². The molecule has 1 heterocycles. The van der Waals surface area contributed by atoms with Gasteiger partial charge in [0.1, 0.15) is 4.88 Å². The number of carboxylic acid groups (broad SMARTS) is 1. The van der Waals surface area contributed by atoms with Crippen LogP contribution < -0.4 is 0 Å². The third-order valence-corrected chi connectivity index (χ3v) is 4.91. The lowest BCUT2D eigenvalue weighted by Crippen LogP contribution is -2.43. The molecule has 0 aliphatic heterocycles. The third kappa shape index (κ3) is 2.70. The summed E-state index contributed by atoms with van der Waals surface area (Å²) in [6.45, 7) is 4.39. The molecule has 1 aromatic heterocycles. The molecule has 20 heavy (non-hydrogen) atoms. The maximum Gasteiger partial charge on any atom is 0.346 e. The number of nitrogens with zero attached hydrogens (tertiary/aromatic N) is 1. The Kier molecular flexibility index (Phi) is 4.13. The van der Waals surface area contributed by atoms with E-state index in [0.29, 0.717) is 11.4 Å². The number of fused-ring (bicyclic) bond motifs is 1. The molecular formula is C15H19NO3S. The first kappa shape index (κ1) is 15.0. The summed E-state index contributed by atoms with van der Waals surface area (Å²) in [5.74, 6) is -0.892. The van der Waals surface area contributed by atoms with Crippen molar-refractivity contribution in [1.29, 1.82) is 0 Å². The summed E-state index contributed by atoms with van der Waals surface area (Å²) >= 11 is 1.30. The van der Waals surface area contributed by atoms with Gasteiger partial charge in [0.2, 0.25) is 0 Å². The van der Waals surface area contributed by atoms with Crippen molar-refractivity contribution in [2.24, 2.45) is 0 Å². The van der Waals surface area contributed by atoms with Gasteiger partial charge in [-0.1, -0.05) is 18.2 Å². The van der Waals surface area contributed by atoms with E-state index in [0.717, 1.165) is 15.6 Å². The highest BCUT2D eigenvalue weighted by Gasteiger charge is 2.26. The highest BCUT2D eigenvalue weighted by Crippen LogP contribution is 2.33. The van der Waals surface area contributed by atoms with Gasteiger partial charge in [0, 0.05) is 16.8 Å². The van der Waals surface area contributed by atoms with Crippen LogP contribution in [-0.4, -0.2) is 40.3 Å². The van der Waals surface area contributed by atoms with Crippen LogP contribution in [0, 0.1) is 0 Å². The van der Waals surface area contributed by atoms with Crippen molar-refractivity contribution >= 4 is 27.4 Å². The van der Waals surface area contributed by atoms with Crippen molar-refractivity contribution in [3.05, 3.63) is 34.7 Å². The van der Waals surface area contributed by atoms with E-state index < -0.39 is 11.5 Å². The molecule has 0 amide bonds. The fourth-order valence-electron chi connectivity index (χ4n) is 2.00. The number of benzene rings is 1. The van der Waals surface area contributed by atoms with Gasteiger partial charge in [-0.3, -0.25) is 4.90 Å². The van der Waals surface area contributed by atoms with E-state index in [4.69, 9.17) is 0 Å². The van der Waals surface area contributed by atoms with Gasteiger partial charge in [0.05, 0.1) is 6.61 Å². The van der Waals surface area contributed by atoms with Gasteiger partial charge in [0.15, 0.2) is 0 Å². The van der Waals surface area contributed by atoms with Crippen molar-refractivity contribution in [3.8, 4) is 0 Å². The average Bonchev–Trinajstić information content (AvgIpc) is 2.78. The maximum atomic E-state index is 11.4. The van der Waals surface area contributed by atoms with Crippen molar-refractivity contribution in [1.82, 2.24) is 4.90 Å². The Morgan fingerprint density at radius 3 is 2.60 bits per heavy atom. The number of aliphatic hydroxyl groups excluding tert-OH is 1. The van der Waals surface area contributed by atoms with Gasteiger partial charge in [0.25, 0.3) is 0 Å². The van der Waals surface area contributed by atoms with Crippen LogP contribution in [0.3, 0.4) is 0 Å². The molecule has 0 aliphatic rings. The first-order chi connectivity index (χ1) is 9.36. The van der Waals surface area contributed by atoms with Crippen LogP contribution in [0.2, 0.25) is 0 Å². The van der Waals surface area contributed by atoms with E-state index in [-0.39, 0.29) is 6.61 Å². The second-order valence-corrected chi connectivity index (χ2v) is 6.59. The van der Waals surface area contributed by atoms with E-state index in [1.54, 1.807) is 0 Å². The topological polar surface area (TPSA) is 60.8 Å². The van der Waals surface area contributed by atoms with Crippen molar-refractivity contribution in [3.63, 3.8) is 0 Å². The largest absolute Gasteiger partial charge is 0.477 e. The third-order valence-electron chi connectivity index (χ3n) is 3.71. The summed E-state index contributed by atoms with van der Waals surface area (Å²) in [6, 6.07) is 7.72. The van der Waals surface area contributed by atoms with Crippen molar-refractivity contribution < 1.29 is 15.0 Å². The van der Waals surface area contributed by atoms with E-state index in [1.165, 1.54) is 11.3 Å². The zero-order valence-electron chi connectivity index (χ0n) is 11.9. The number of aromatic carboxylic acids is 1. The molecule has 2 rings (SSSR count). The summed E-state index contributed by atoms with van der Waals surface area (Å²) in [7, 11) is 1.90. The molecule has 0 saturated carbocycles. The molecule has 108 valence electrons. The quantitative estimate of drug-likeness (QED) is 0.890. The van der Waals surface area contributed by atoms with E-state index in [2.05, 4.69) is 0 Å². The van der Waals surface area contributed by atoms with Crippen molar-refractivity contribution in [2.45, 2.75) is 25.9 Å². The lowest BCUT2D eigenvalue weighted by Gasteiger charge is -2.33. The van der Waals surface area contributed by atoms with Crippen LogP contribution in [0.1, 0.15) is 29.1 Å². The number of carboxylic acids is 1. The minimum Gasteiger partial charge on any atom is -0.477 e. The molecule has 0 atom stereocenters. The predicted molar refractivity (Wildman–Crippen MR) is 81.4 cm³/mol. The minimum absolute atomic E-state index is 0.0218. The molecule has 5 heteroatoms. The summed E-state index contributed by atoms with van der Waals surface area (Å²) in [4.78, 5) is 13.8. The zero-order valence-corrected chi connectivity index (χ0v) is 12.7. The van der Waals surface area contributed by atoms with Gasteiger partial charge in [-0.15, -0.1) is 11.3 Å². The zero-order chi connectivity index (χ0) is 14.9. The number of aliphatic hydroxyl groups is 1. The predicted octanol–water partition coefficient (Wildman–Crippen LogP) is 2.80. The van der Waals surface area contributed by atoms with Crippen LogP contribution >= 0.6 is 11.3 Å². The maximum absolute atomic E-state index is 11.4. The Labute approximate surface area is 122 Å². The second-order valence-electron chi connectivity index (χ2n) is 5.54. The Morgan fingerprint density at radius 1 is 1.35 bits per heavy atom. The number of hydrogen-bond acceptors (Lipinski definition) is 4. The first-order valence-corrected chi connectivity index (χ1v) is 7.24. The number of thiophene rings is 1. The normalized spacial score (nSPS) is 12.2. The summed E-state index contributed by atoms with van der Waals surface area (Å²) in [5.41, 5.74) is 0.431.